The first-order valence-corrected chi connectivity index (χ1v) is 10.2. The van der Waals surface area contributed by atoms with Crippen molar-refractivity contribution in [1.29, 1.82) is 0 Å². The maximum absolute atomic E-state index is 5.90. The van der Waals surface area contributed by atoms with Crippen molar-refractivity contribution < 1.29 is 23.7 Å². The van der Waals surface area contributed by atoms with E-state index in [2.05, 4.69) is 27.2 Å². The number of aromatic nitrogens is 2. The number of ether oxygens (including phenoxy) is 5. The van der Waals surface area contributed by atoms with Crippen LogP contribution in [0.2, 0.25) is 0 Å². The molecule has 0 amide bonds. The summed E-state index contributed by atoms with van der Waals surface area (Å²) in [5.74, 6) is 2.09. The molecule has 4 rings (SSSR count). The Morgan fingerprint density at radius 1 is 1.03 bits per heavy atom. The number of fused-ring (bicyclic) bond motifs is 1. The van der Waals surface area contributed by atoms with Crippen LogP contribution in [0.15, 0.2) is 42.6 Å². The third-order valence-electron chi connectivity index (χ3n) is 5.39. The SMILES string of the molecule is COCCOc1cc2c(N3CCOCC3c3ccc(OC)cc3)cnnc2cc1OC. The van der Waals surface area contributed by atoms with E-state index in [4.69, 9.17) is 23.7 Å². The van der Waals surface area contributed by atoms with E-state index in [1.165, 1.54) is 0 Å². The van der Waals surface area contributed by atoms with E-state index in [0.717, 1.165) is 34.4 Å². The monoisotopic (exact) mass is 425 g/mol. The maximum atomic E-state index is 5.90. The van der Waals surface area contributed by atoms with Gasteiger partial charge in [0.05, 0.1) is 57.5 Å². The van der Waals surface area contributed by atoms with Gasteiger partial charge in [0.15, 0.2) is 11.5 Å². The summed E-state index contributed by atoms with van der Waals surface area (Å²) >= 11 is 0. The number of hydrogen-bond donors (Lipinski definition) is 0. The third-order valence-corrected chi connectivity index (χ3v) is 5.39. The van der Waals surface area contributed by atoms with Crippen molar-refractivity contribution in [2.24, 2.45) is 0 Å². The molecule has 31 heavy (non-hydrogen) atoms. The maximum Gasteiger partial charge on any atom is 0.163 e. The zero-order valence-electron chi connectivity index (χ0n) is 18.0. The van der Waals surface area contributed by atoms with Gasteiger partial charge in [0.1, 0.15) is 12.4 Å². The fourth-order valence-electron chi connectivity index (χ4n) is 3.78. The van der Waals surface area contributed by atoms with E-state index in [1.54, 1.807) is 27.5 Å². The van der Waals surface area contributed by atoms with Gasteiger partial charge in [0.25, 0.3) is 0 Å². The second kappa shape index (κ2) is 9.80. The summed E-state index contributed by atoms with van der Waals surface area (Å²) < 4.78 is 27.6. The molecule has 1 aromatic heterocycles. The van der Waals surface area contributed by atoms with Crippen LogP contribution in [0.25, 0.3) is 10.9 Å². The van der Waals surface area contributed by atoms with E-state index in [1.807, 2.05) is 24.3 Å². The molecule has 0 bridgehead atoms. The normalized spacial score (nSPS) is 16.4. The molecule has 1 aliphatic heterocycles. The summed E-state index contributed by atoms with van der Waals surface area (Å²) in [4.78, 5) is 2.31. The van der Waals surface area contributed by atoms with Crippen molar-refractivity contribution in [2.45, 2.75) is 6.04 Å². The topological polar surface area (TPSA) is 75.2 Å². The first kappa shape index (κ1) is 21.1. The molecule has 0 saturated carbocycles. The van der Waals surface area contributed by atoms with Gasteiger partial charge >= 0.3 is 0 Å². The predicted octanol–water partition coefficient (Wildman–Crippen LogP) is 3.25. The zero-order chi connectivity index (χ0) is 21.6. The fraction of sp³-hybridized carbons (Fsp3) is 0.391. The first-order chi connectivity index (χ1) is 15.2. The average Bonchev–Trinajstić information content (AvgIpc) is 2.83. The van der Waals surface area contributed by atoms with Gasteiger partial charge in [-0.15, -0.1) is 0 Å². The summed E-state index contributed by atoms with van der Waals surface area (Å²) in [7, 11) is 4.93. The Balaban J connectivity index is 1.74. The summed E-state index contributed by atoms with van der Waals surface area (Å²) in [5, 5.41) is 9.52. The van der Waals surface area contributed by atoms with Crippen molar-refractivity contribution in [1.82, 2.24) is 10.2 Å². The highest BCUT2D eigenvalue weighted by atomic mass is 16.5. The Hall–Kier alpha value is -3.10. The van der Waals surface area contributed by atoms with Crippen LogP contribution in [-0.2, 0) is 9.47 Å². The van der Waals surface area contributed by atoms with Gasteiger partial charge in [-0.3, -0.25) is 0 Å². The van der Waals surface area contributed by atoms with Gasteiger partial charge in [0, 0.05) is 25.1 Å². The molecule has 1 atom stereocenters. The molecular formula is C23H27N3O5. The van der Waals surface area contributed by atoms with E-state index >= 15 is 0 Å². The van der Waals surface area contributed by atoms with Crippen LogP contribution in [0.5, 0.6) is 17.2 Å². The van der Waals surface area contributed by atoms with Crippen molar-refractivity contribution in [2.75, 3.05) is 59.2 Å². The lowest BCUT2D eigenvalue weighted by molar-refractivity contribution is 0.0942. The number of anilines is 1. The Bertz CT molecular complexity index is 1010. The fourth-order valence-corrected chi connectivity index (χ4v) is 3.78. The Kier molecular flexibility index (Phi) is 6.69. The van der Waals surface area contributed by atoms with Crippen LogP contribution in [-0.4, -0.2) is 64.5 Å². The highest BCUT2D eigenvalue weighted by Gasteiger charge is 2.27. The molecule has 1 unspecified atom stereocenters. The molecule has 3 aromatic rings. The molecular weight excluding hydrogens is 398 g/mol. The number of hydrogen-bond acceptors (Lipinski definition) is 8. The summed E-state index contributed by atoms with van der Waals surface area (Å²) in [6, 6.07) is 12.0. The Labute approximate surface area is 181 Å². The van der Waals surface area contributed by atoms with Crippen molar-refractivity contribution in [3.63, 3.8) is 0 Å². The minimum atomic E-state index is 0.0482. The van der Waals surface area contributed by atoms with Crippen LogP contribution >= 0.6 is 0 Å². The van der Waals surface area contributed by atoms with Crippen LogP contribution in [0.4, 0.5) is 5.69 Å². The van der Waals surface area contributed by atoms with Crippen molar-refractivity contribution in [3.05, 3.63) is 48.2 Å². The number of nitrogens with zero attached hydrogens (tertiary/aromatic N) is 3. The van der Waals surface area contributed by atoms with Gasteiger partial charge < -0.3 is 28.6 Å². The molecule has 8 heteroatoms. The van der Waals surface area contributed by atoms with Crippen molar-refractivity contribution >= 4 is 16.6 Å². The van der Waals surface area contributed by atoms with E-state index in [0.29, 0.717) is 37.9 Å². The molecule has 8 nitrogen and oxygen atoms in total. The summed E-state index contributed by atoms with van der Waals surface area (Å²) in [6.07, 6.45) is 1.80. The number of benzene rings is 2. The van der Waals surface area contributed by atoms with Crippen LogP contribution < -0.4 is 19.1 Å². The highest BCUT2D eigenvalue weighted by Crippen LogP contribution is 2.38. The van der Waals surface area contributed by atoms with Crippen molar-refractivity contribution in [3.8, 4) is 17.2 Å². The second-order valence-electron chi connectivity index (χ2n) is 7.15. The molecule has 2 heterocycles. The second-order valence-corrected chi connectivity index (χ2v) is 7.15. The van der Waals surface area contributed by atoms with E-state index in [9.17, 15) is 0 Å². The zero-order valence-corrected chi connectivity index (χ0v) is 18.0. The van der Waals surface area contributed by atoms with Crippen LogP contribution in [0, 0.1) is 0 Å². The predicted molar refractivity (Wildman–Crippen MR) is 117 cm³/mol. The lowest BCUT2D eigenvalue weighted by Crippen LogP contribution is -2.39. The first-order valence-electron chi connectivity index (χ1n) is 10.2. The molecule has 0 radical (unpaired) electrons. The Morgan fingerprint density at radius 3 is 2.61 bits per heavy atom. The van der Waals surface area contributed by atoms with Crippen LogP contribution in [0.3, 0.4) is 0 Å². The van der Waals surface area contributed by atoms with Crippen LogP contribution in [0.1, 0.15) is 11.6 Å². The quantitative estimate of drug-likeness (QED) is 0.509. The highest BCUT2D eigenvalue weighted by molar-refractivity contribution is 5.93. The minimum Gasteiger partial charge on any atom is -0.497 e. The Morgan fingerprint density at radius 2 is 1.87 bits per heavy atom. The smallest absolute Gasteiger partial charge is 0.163 e. The number of morpholine rings is 1. The molecule has 1 fully saturated rings. The number of methoxy groups -OCH3 is 3. The molecule has 1 saturated heterocycles. The van der Waals surface area contributed by atoms with Gasteiger partial charge in [-0.1, -0.05) is 12.1 Å². The minimum absolute atomic E-state index is 0.0482. The largest absolute Gasteiger partial charge is 0.497 e. The summed E-state index contributed by atoms with van der Waals surface area (Å²) in [5.41, 5.74) is 2.87. The lowest BCUT2D eigenvalue weighted by Gasteiger charge is -2.38. The molecule has 0 N–H and O–H groups in total. The van der Waals surface area contributed by atoms with E-state index < -0.39 is 0 Å². The molecule has 1 aliphatic rings. The summed E-state index contributed by atoms with van der Waals surface area (Å²) in [6.45, 7) is 2.89. The third kappa shape index (κ3) is 4.50. The lowest BCUT2D eigenvalue weighted by atomic mass is 10.0. The molecule has 0 spiro atoms. The molecule has 0 aliphatic carbocycles. The molecule has 164 valence electrons. The van der Waals surface area contributed by atoms with Gasteiger partial charge in [-0.25, -0.2) is 0 Å². The molecule has 2 aromatic carbocycles. The standard InChI is InChI=1S/C23H27N3O5/c1-27-10-11-31-23-12-18-19(13-22(23)29-3)25-24-14-20(18)26-8-9-30-15-21(26)16-4-6-17(28-2)7-5-16/h4-7,12-14,21H,8-11,15H2,1-3H3. The van der Waals surface area contributed by atoms with E-state index in [-0.39, 0.29) is 6.04 Å². The van der Waals surface area contributed by atoms with Gasteiger partial charge in [-0.2, -0.15) is 10.2 Å². The number of rotatable bonds is 8. The van der Waals surface area contributed by atoms with Gasteiger partial charge in [0.2, 0.25) is 0 Å². The average molecular weight is 425 g/mol. The van der Waals surface area contributed by atoms with Gasteiger partial charge in [-0.05, 0) is 23.8 Å².